The van der Waals surface area contributed by atoms with Crippen molar-refractivity contribution in [1.82, 2.24) is 4.98 Å². The Bertz CT molecular complexity index is 1500. The van der Waals surface area contributed by atoms with Crippen LogP contribution >= 0.6 is 0 Å². The molecule has 0 spiro atoms. The van der Waals surface area contributed by atoms with Crippen LogP contribution in [0.3, 0.4) is 0 Å². The molecular weight excluding hydrogens is 478 g/mol. The maximum absolute atomic E-state index is 13.6. The average molecular weight is 504 g/mol. The van der Waals surface area contributed by atoms with Gasteiger partial charge in [0, 0.05) is 46.5 Å². The van der Waals surface area contributed by atoms with E-state index in [0.717, 1.165) is 11.1 Å². The third-order valence-electron chi connectivity index (χ3n) is 5.43. The van der Waals surface area contributed by atoms with Crippen molar-refractivity contribution >= 4 is 27.2 Å². The molecule has 2 amide bonds. The number of aliphatic hydroxyl groups excluding tert-OH is 1. The van der Waals surface area contributed by atoms with Gasteiger partial charge in [0.25, 0.3) is 11.8 Å². The highest BCUT2D eigenvalue weighted by Gasteiger charge is 2.17. The van der Waals surface area contributed by atoms with Crippen LogP contribution in [0.4, 0.5) is 5.69 Å². The molecule has 4 rings (SSSR count). The van der Waals surface area contributed by atoms with Gasteiger partial charge in [0.15, 0.2) is 5.76 Å². The first-order valence-electron chi connectivity index (χ1n) is 11.3. The number of hydrogen-bond donors (Lipinski definition) is 2. The molecule has 36 heavy (non-hydrogen) atoms. The van der Waals surface area contributed by atoms with E-state index < -0.39 is 15.6 Å². The van der Waals surface area contributed by atoms with Gasteiger partial charge in [-0.05, 0) is 55.3 Å². The Balaban J connectivity index is 1.62. The number of furan rings is 1. The molecule has 184 valence electrons. The van der Waals surface area contributed by atoms with Crippen LogP contribution < -0.4 is 5.32 Å². The second-order valence-corrected chi connectivity index (χ2v) is 10.4. The van der Waals surface area contributed by atoms with E-state index >= 15 is 0 Å². The molecule has 2 aromatic carbocycles. The smallest absolute Gasteiger partial charge is 0.291 e. The number of amides is 2. The zero-order chi connectivity index (χ0) is 25.5. The quantitative estimate of drug-likeness (QED) is 0.351. The number of rotatable bonds is 8. The second-order valence-electron chi connectivity index (χ2n) is 8.06. The Hall–Kier alpha value is -4.08. The van der Waals surface area contributed by atoms with E-state index in [1.807, 2.05) is 6.07 Å². The molecule has 1 atom stereocenters. The Kier molecular flexibility index (Phi) is 7.72. The first-order valence-corrected chi connectivity index (χ1v) is 12.9. The third-order valence-corrected chi connectivity index (χ3v) is 7.74. The van der Waals surface area contributed by atoms with Gasteiger partial charge in [-0.15, -0.1) is 0 Å². The lowest BCUT2D eigenvalue weighted by molar-refractivity contribution is 0.0991. The number of carbonyl (C=O) groups is 2. The van der Waals surface area contributed by atoms with Gasteiger partial charge in [-0.2, -0.15) is 4.36 Å². The molecule has 2 N–H and O–H groups in total. The van der Waals surface area contributed by atoms with E-state index in [0.29, 0.717) is 16.1 Å². The molecule has 0 aliphatic carbocycles. The number of aromatic nitrogens is 1. The summed E-state index contributed by atoms with van der Waals surface area (Å²) in [5.74, 6) is -0.731. The Morgan fingerprint density at radius 2 is 1.83 bits per heavy atom. The number of pyridine rings is 1. The number of hydrogen-bond acceptors (Lipinski definition) is 6. The van der Waals surface area contributed by atoms with Crippen molar-refractivity contribution in [2.75, 3.05) is 17.7 Å². The van der Waals surface area contributed by atoms with Crippen molar-refractivity contribution in [3.05, 3.63) is 102 Å². The van der Waals surface area contributed by atoms with Crippen LogP contribution in [0.25, 0.3) is 11.1 Å². The van der Waals surface area contributed by atoms with Gasteiger partial charge in [-0.3, -0.25) is 14.6 Å². The highest BCUT2D eigenvalue weighted by atomic mass is 32.2. The van der Waals surface area contributed by atoms with Gasteiger partial charge < -0.3 is 14.8 Å². The normalized spacial score (nSPS) is 12.5. The lowest BCUT2D eigenvalue weighted by Crippen LogP contribution is -2.12. The molecule has 0 fully saturated rings. The topological polar surface area (TPSA) is 122 Å². The predicted octanol–water partition coefficient (Wildman–Crippen LogP) is 4.95. The van der Waals surface area contributed by atoms with Crippen LogP contribution in [0.1, 0.15) is 32.9 Å². The van der Waals surface area contributed by atoms with Crippen LogP contribution in [0.15, 0.2) is 99.1 Å². The van der Waals surface area contributed by atoms with Crippen molar-refractivity contribution in [1.29, 1.82) is 0 Å². The second kappa shape index (κ2) is 11.1. The summed E-state index contributed by atoms with van der Waals surface area (Å²) in [5.41, 5.74) is 2.80. The molecule has 2 aromatic heterocycles. The number of benzene rings is 2. The van der Waals surface area contributed by atoms with Gasteiger partial charge in [0.05, 0.1) is 21.6 Å². The minimum absolute atomic E-state index is 0.0588. The van der Waals surface area contributed by atoms with E-state index in [4.69, 9.17) is 4.42 Å². The molecule has 0 aliphatic heterocycles. The summed E-state index contributed by atoms with van der Waals surface area (Å²) in [6.45, 7) is 1.63. The van der Waals surface area contributed by atoms with Crippen molar-refractivity contribution in [3.8, 4) is 11.1 Å². The highest BCUT2D eigenvalue weighted by molar-refractivity contribution is 7.94. The molecule has 2 heterocycles. The van der Waals surface area contributed by atoms with Gasteiger partial charge in [0.1, 0.15) is 0 Å². The Morgan fingerprint density at radius 3 is 2.56 bits per heavy atom. The molecule has 0 saturated carbocycles. The lowest BCUT2D eigenvalue weighted by Gasteiger charge is -2.10. The number of aryl methyl sites for hydroxylation is 1. The molecule has 8 nitrogen and oxygen atoms in total. The Labute approximate surface area is 209 Å². The largest absolute Gasteiger partial charge is 0.459 e. The van der Waals surface area contributed by atoms with Crippen LogP contribution in [-0.4, -0.2) is 38.5 Å². The zero-order valence-corrected chi connectivity index (χ0v) is 20.4. The molecule has 0 saturated heterocycles. The minimum atomic E-state index is -3.07. The number of carbonyl (C=O) groups excluding carboxylic acids is 2. The molecular formula is C27H25N3O5S. The van der Waals surface area contributed by atoms with Gasteiger partial charge in [0.2, 0.25) is 0 Å². The van der Waals surface area contributed by atoms with E-state index in [1.54, 1.807) is 73.8 Å². The number of aliphatic hydroxyl groups is 1. The summed E-state index contributed by atoms with van der Waals surface area (Å²) in [4.78, 5) is 30.1. The standard InChI is InChI=1S/C27H25N3O5S/c1-19-11-13-35-25(19)27(33)29-23-8-5-7-20(16-23)21-15-22(18-28-17-21)26(32)30-36(34,14-6-12-31)24-9-3-2-4-10-24/h2-5,7-11,13,15-18,31H,6,12,14H2,1H3,(H,29,33)/t36-/m0/s1. The summed E-state index contributed by atoms with van der Waals surface area (Å²) >= 11 is 0. The predicted molar refractivity (Wildman–Crippen MR) is 137 cm³/mol. The van der Waals surface area contributed by atoms with Crippen molar-refractivity contribution in [3.63, 3.8) is 0 Å². The first kappa shape index (κ1) is 25.0. The molecule has 0 aliphatic rings. The van der Waals surface area contributed by atoms with E-state index in [-0.39, 0.29) is 36.0 Å². The van der Waals surface area contributed by atoms with Crippen LogP contribution in [0.5, 0.6) is 0 Å². The molecule has 0 radical (unpaired) electrons. The van der Waals surface area contributed by atoms with E-state index in [2.05, 4.69) is 14.7 Å². The monoisotopic (exact) mass is 503 g/mol. The maximum Gasteiger partial charge on any atom is 0.291 e. The summed E-state index contributed by atoms with van der Waals surface area (Å²) < 4.78 is 22.9. The van der Waals surface area contributed by atoms with Gasteiger partial charge >= 0.3 is 0 Å². The molecule has 0 unspecified atom stereocenters. The molecule has 9 heteroatoms. The lowest BCUT2D eigenvalue weighted by atomic mass is 10.1. The SMILES string of the molecule is Cc1ccoc1C(=O)Nc1cccc(-c2cncc(C(=O)N=[S@](=O)(CCCO)c3ccccc3)c2)c1. The fourth-order valence-electron chi connectivity index (χ4n) is 3.58. The van der Waals surface area contributed by atoms with Crippen molar-refractivity contribution in [2.45, 2.75) is 18.2 Å². The minimum Gasteiger partial charge on any atom is -0.459 e. The fraction of sp³-hybridized carbons (Fsp3) is 0.148. The summed E-state index contributed by atoms with van der Waals surface area (Å²) in [6.07, 6.45) is 4.67. The summed E-state index contributed by atoms with van der Waals surface area (Å²) in [7, 11) is -3.07. The summed E-state index contributed by atoms with van der Waals surface area (Å²) in [6, 6.07) is 19.0. The average Bonchev–Trinajstić information content (AvgIpc) is 3.34. The highest BCUT2D eigenvalue weighted by Crippen LogP contribution is 2.24. The van der Waals surface area contributed by atoms with Crippen LogP contribution in [0, 0.1) is 6.92 Å². The Morgan fingerprint density at radius 1 is 1.03 bits per heavy atom. The third kappa shape index (κ3) is 5.76. The fourth-order valence-corrected chi connectivity index (χ4v) is 5.49. The number of nitrogens with one attached hydrogen (secondary N) is 1. The van der Waals surface area contributed by atoms with Gasteiger partial charge in [-0.1, -0.05) is 30.3 Å². The van der Waals surface area contributed by atoms with Gasteiger partial charge in [-0.25, -0.2) is 4.21 Å². The van der Waals surface area contributed by atoms with Crippen molar-refractivity contribution in [2.24, 2.45) is 4.36 Å². The molecule has 4 aromatic rings. The molecule has 0 bridgehead atoms. The maximum atomic E-state index is 13.6. The summed E-state index contributed by atoms with van der Waals surface area (Å²) in [5, 5.41) is 12.0. The number of nitrogens with zero attached hydrogens (tertiary/aromatic N) is 2. The van der Waals surface area contributed by atoms with E-state index in [9.17, 15) is 18.9 Å². The van der Waals surface area contributed by atoms with Crippen LogP contribution in [0.2, 0.25) is 0 Å². The van der Waals surface area contributed by atoms with Crippen molar-refractivity contribution < 1.29 is 23.3 Å². The zero-order valence-electron chi connectivity index (χ0n) is 19.6. The number of anilines is 1. The van der Waals surface area contributed by atoms with Crippen LogP contribution in [-0.2, 0) is 9.73 Å². The first-order chi connectivity index (χ1) is 17.4. The van der Waals surface area contributed by atoms with E-state index in [1.165, 1.54) is 12.5 Å².